The van der Waals surface area contributed by atoms with E-state index < -0.39 is 11.7 Å². The molecule has 6 heteroatoms. The molecule has 3 nitrogen and oxygen atoms in total. The minimum absolute atomic E-state index is 0.404. The van der Waals surface area contributed by atoms with Gasteiger partial charge in [-0.15, -0.1) is 0 Å². The molecule has 0 spiro atoms. The molecule has 0 radical (unpaired) electrons. The zero-order chi connectivity index (χ0) is 22.4. The van der Waals surface area contributed by atoms with Crippen LogP contribution in [0.1, 0.15) is 36.2 Å². The van der Waals surface area contributed by atoms with Crippen molar-refractivity contribution in [3.8, 4) is 5.75 Å². The lowest BCUT2D eigenvalue weighted by atomic mass is 10.1. The van der Waals surface area contributed by atoms with Gasteiger partial charge in [-0.1, -0.05) is 38.1 Å². The number of hydrogen-bond donors (Lipinski definition) is 0. The first-order valence-corrected chi connectivity index (χ1v) is 10.4. The van der Waals surface area contributed by atoms with Crippen molar-refractivity contribution in [3.05, 3.63) is 89.2 Å². The smallest absolute Gasteiger partial charge is 0.416 e. The van der Waals surface area contributed by atoms with Gasteiger partial charge in [0.05, 0.1) is 12.7 Å². The number of halogens is 3. The lowest BCUT2D eigenvalue weighted by Gasteiger charge is -2.25. The van der Waals surface area contributed by atoms with Crippen molar-refractivity contribution in [2.75, 3.05) is 13.7 Å². The normalized spacial score (nSPS) is 12.0. The average Bonchev–Trinajstić information content (AvgIpc) is 3.13. The third-order valence-electron chi connectivity index (χ3n) is 5.08. The fraction of sp³-hybridized carbons (Fsp3) is 0.360. The Morgan fingerprint density at radius 2 is 1.68 bits per heavy atom. The first kappa shape index (κ1) is 22.9. The molecule has 1 heterocycles. The SMILES string of the molecule is COc1cccc(CN(Cc2cccn2Cc2cccc(C(F)(F)F)c2)CC(C)C)c1. The highest BCUT2D eigenvalue weighted by molar-refractivity contribution is 5.29. The van der Waals surface area contributed by atoms with Gasteiger partial charge in [-0.2, -0.15) is 13.2 Å². The molecular formula is C25H29F3N2O. The molecule has 0 aliphatic heterocycles. The average molecular weight is 431 g/mol. The molecule has 0 unspecified atom stereocenters. The first-order valence-electron chi connectivity index (χ1n) is 10.4. The monoisotopic (exact) mass is 430 g/mol. The molecule has 2 aromatic carbocycles. The predicted octanol–water partition coefficient (Wildman–Crippen LogP) is 6.22. The Labute approximate surface area is 182 Å². The number of aromatic nitrogens is 1. The van der Waals surface area contributed by atoms with Crippen LogP contribution in [0.15, 0.2) is 66.9 Å². The van der Waals surface area contributed by atoms with E-state index in [1.807, 2.05) is 41.1 Å². The molecule has 0 fully saturated rings. The van der Waals surface area contributed by atoms with Gasteiger partial charge < -0.3 is 9.30 Å². The second-order valence-corrected chi connectivity index (χ2v) is 8.24. The Kier molecular flexibility index (Phi) is 7.44. The molecule has 0 bridgehead atoms. The number of alkyl halides is 3. The Hall–Kier alpha value is -2.73. The maximum Gasteiger partial charge on any atom is 0.416 e. The molecule has 0 N–H and O–H groups in total. The fourth-order valence-electron chi connectivity index (χ4n) is 3.75. The van der Waals surface area contributed by atoms with E-state index in [1.54, 1.807) is 13.2 Å². The van der Waals surface area contributed by atoms with E-state index in [0.29, 0.717) is 24.6 Å². The topological polar surface area (TPSA) is 17.4 Å². The highest BCUT2D eigenvalue weighted by atomic mass is 19.4. The van der Waals surface area contributed by atoms with Crippen LogP contribution >= 0.6 is 0 Å². The van der Waals surface area contributed by atoms with Crippen molar-refractivity contribution >= 4 is 0 Å². The third-order valence-corrected chi connectivity index (χ3v) is 5.08. The van der Waals surface area contributed by atoms with Gasteiger partial charge in [-0.3, -0.25) is 4.90 Å². The summed E-state index contributed by atoms with van der Waals surface area (Å²) in [7, 11) is 1.66. The van der Waals surface area contributed by atoms with E-state index in [-0.39, 0.29) is 0 Å². The number of benzene rings is 2. The van der Waals surface area contributed by atoms with Crippen LogP contribution in [0.5, 0.6) is 5.75 Å². The standard InChI is InChI=1S/C25H29F3N2O/c1-19(2)15-29(16-21-8-5-11-24(14-21)31-3)18-23-10-6-12-30(23)17-20-7-4-9-22(13-20)25(26,27)28/h4-14,19H,15-18H2,1-3H3. The maximum atomic E-state index is 13.1. The van der Waals surface area contributed by atoms with E-state index in [9.17, 15) is 13.2 Å². The molecule has 166 valence electrons. The van der Waals surface area contributed by atoms with Crippen molar-refractivity contribution in [2.45, 2.75) is 39.7 Å². The van der Waals surface area contributed by atoms with Gasteiger partial charge in [-0.05, 0) is 53.4 Å². The van der Waals surface area contributed by atoms with E-state index in [4.69, 9.17) is 4.74 Å². The molecular weight excluding hydrogens is 401 g/mol. The minimum atomic E-state index is -4.33. The van der Waals surface area contributed by atoms with E-state index in [2.05, 4.69) is 24.8 Å². The van der Waals surface area contributed by atoms with Crippen LogP contribution < -0.4 is 4.74 Å². The first-order chi connectivity index (χ1) is 14.7. The van der Waals surface area contributed by atoms with Crippen molar-refractivity contribution in [2.24, 2.45) is 5.92 Å². The summed E-state index contributed by atoms with van der Waals surface area (Å²) in [5.74, 6) is 1.31. The van der Waals surface area contributed by atoms with Gasteiger partial charge in [-0.25, -0.2) is 0 Å². The summed E-state index contributed by atoms with van der Waals surface area (Å²) >= 11 is 0. The van der Waals surface area contributed by atoms with Crippen LogP contribution in [0.3, 0.4) is 0 Å². The quantitative estimate of drug-likeness (QED) is 0.401. The van der Waals surface area contributed by atoms with Crippen molar-refractivity contribution in [1.82, 2.24) is 9.47 Å². The number of hydrogen-bond acceptors (Lipinski definition) is 2. The summed E-state index contributed by atoms with van der Waals surface area (Å²) in [5, 5.41) is 0. The number of ether oxygens (including phenoxy) is 1. The van der Waals surface area contributed by atoms with Crippen molar-refractivity contribution in [3.63, 3.8) is 0 Å². The third kappa shape index (κ3) is 6.62. The molecule has 1 aromatic heterocycles. The predicted molar refractivity (Wildman–Crippen MR) is 117 cm³/mol. The summed E-state index contributed by atoms with van der Waals surface area (Å²) in [6.45, 7) is 7.15. The van der Waals surface area contributed by atoms with Crippen LogP contribution in [0.25, 0.3) is 0 Å². The van der Waals surface area contributed by atoms with Gasteiger partial charge >= 0.3 is 6.18 Å². The van der Waals surface area contributed by atoms with Gasteiger partial charge in [0.25, 0.3) is 0 Å². The minimum Gasteiger partial charge on any atom is -0.497 e. The summed E-state index contributed by atoms with van der Waals surface area (Å²) in [4.78, 5) is 2.36. The summed E-state index contributed by atoms with van der Waals surface area (Å²) < 4.78 is 46.5. The van der Waals surface area contributed by atoms with Crippen LogP contribution in [-0.2, 0) is 25.8 Å². The van der Waals surface area contributed by atoms with Crippen molar-refractivity contribution in [1.29, 1.82) is 0 Å². The van der Waals surface area contributed by atoms with E-state index in [1.165, 1.54) is 12.1 Å². The molecule has 3 aromatic rings. The van der Waals surface area contributed by atoms with Gasteiger partial charge in [0.15, 0.2) is 0 Å². The summed E-state index contributed by atoms with van der Waals surface area (Å²) in [6.07, 6.45) is -2.41. The van der Waals surface area contributed by atoms with Gasteiger partial charge in [0.2, 0.25) is 0 Å². The summed E-state index contributed by atoms with van der Waals surface area (Å²) in [5.41, 5.74) is 2.26. The Morgan fingerprint density at radius 1 is 0.935 bits per heavy atom. The molecule has 31 heavy (non-hydrogen) atoms. The fourth-order valence-corrected chi connectivity index (χ4v) is 3.75. The van der Waals surface area contributed by atoms with E-state index >= 15 is 0 Å². The molecule has 0 atom stereocenters. The van der Waals surface area contributed by atoms with Crippen molar-refractivity contribution < 1.29 is 17.9 Å². The van der Waals surface area contributed by atoms with Crippen LogP contribution in [0.2, 0.25) is 0 Å². The summed E-state index contributed by atoms with van der Waals surface area (Å²) in [6, 6.07) is 17.6. The van der Waals surface area contributed by atoms with Crippen LogP contribution in [-0.4, -0.2) is 23.1 Å². The zero-order valence-electron chi connectivity index (χ0n) is 18.2. The lowest BCUT2D eigenvalue weighted by molar-refractivity contribution is -0.137. The molecule has 0 amide bonds. The van der Waals surface area contributed by atoms with Gasteiger partial charge in [0.1, 0.15) is 5.75 Å². The Balaban J connectivity index is 1.77. The largest absolute Gasteiger partial charge is 0.497 e. The maximum absolute atomic E-state index is 13.1. The van der Waals surface area contributed by atoms with Crippen LogP contribution in [0, 0.1) is 5.92 Å². The number of rotatable bonds is 9. The molecule has 0 aliphatic rings. The highest BCUT2D eigenvalue weighted by Gasteiger charge is 2.30. The molecule has 3 rings (SSSR count). The van der Waals surface area contributed by atoms with E-state index in [0.717, 1.165) is 36.2 Å². The molecule has 0 saturated carbocycles. The Bertz CT molecular complexity index is 979. The highest BCUT2D eigenvalue weighted by Crippen LogP contribution is 2.29. The number of methoxy groups -OCH3 is 1. The second-order valence-electron chi connectivity index (χ2n) is 8.24. The number of nitrogens with zero attached hydrogens (tertiary/aromatic N) is 2. The zero-order valence-corrected chi connectivity index (χ0v) is 18.2. The molecule has 0 saturated heterocycles. The second kappa shape index (κ2) is 10.1. The Morgan fingerprint density at radius 3 is 2.39 bits per heavy atom. The molecule has 0 aliphatic carbocycles. The lowest BCUT2D eigenvalue weighted by Crippen LogP contribution is -2.28. The van der Waals surface area contributed by atoms with Crippen LogP contribution in [0.4, 0.5) is 13.2 Å². The van der Waals surface area contributed by atoms with Gasteiger partial charge in [0, 0.05) is 38.1 Å².